The molecule has 0 saturated carbocycles. The summed E-state index contributed by atoms with van der Waals surface area (Å²) in [5.74, 6) is -2.34. The monoisotopic (exact) mass is 485 g/mol. The summed E-state index contributed by atoms with van der Waals surface area (Å²) in [6.45, 7) is 0. The number of halogens is 2. The van der Waals surface area contributed by atoms with Crippen molar-refractivity contribution in [3.63, 3.8) is 0 Å². The van der Waals surface area contributed by atoms with Gasteiger partial charge in [0, 0.05) is 18.1 Å². The number of carbonyl (C=O) groups excluding carboxylic acids is 1. The summed E-state index contributed by atoms with van der Waals surface area (Å²) in [5.41, 5.74) is 0.580. The lowest BCUT2D eigenvalue weighted by molar-refractivity contribution is -0.146. The third kappa shape index (κ3) is 4.70. The summed E-state index contributed by atoms with van der Waals surface area (Å²) in [5, 5.41) is 18.9. The standard InChI is InChI=1S/C19H13Cl2NO6S2/c20-11-3-1-2-10(16(11)21)13-6-4-9(28-13)8-14-17(25)22(19(29)30-14)12(18(26)27)5-7-15(23)24/h1-4,6,8,12H,5,7H2,(H,23,24)(H,26,27)/b14-8+/t12-/m1/s1. The van der Waals surface area contributed by atoms with E-state index in [1.54, 1.807) is 30.3 Å². The van der Waals surface area contributed by atoms with E-state index in [2.05, 4.69) is 0 Å². The van der Waals surface area contributed by atoms with Crippen molar-refractivity contribution < 1.29 is 29.0 Å². The van der Waals surface area contributed by atoms with Gasteiger partial charge >= 0.3 is 11.9 Å². The molecule has 1 fully saturated rings. The highest BCUT2D eigenvalue weighted by Gasteiger charge is 2.40. The van der Waals surface area contributed by atoms with Gasteiger partial charge in [-0.05, 0) is 30.7 Å². The van der Waals surface area contributed by atoms with Crippen molar-refractivity contribution in [3.8, 4) is 11.3 Å². The first kappa shape index (κ1) is 22.4. The second kappa shape index (κ2) is 9.22. The van der Waals surface area contributed by atoms with Crippen molar-refractivity contribution in [3.05, 3.63) is 51.0 Å². The number of carbonyl (C=O) groups is 3. The van der Waals surface area contributed by atoms with Crippen LogP contribution < -0.4 is 0 Å². The van der Waals surface area contributed by atoms with E-state index in [0.29, 0.717) is 27.1 Å². The minimum absolute atomic E-state index is 0.0358. The molecule has 1 aromatic heterocycles. The minimum Gasteiger partial charge on any atom is -0.481 e. The lowest BCUT2D eigenvalue weighted by Crippen LogP contribution is -2.44. The Morgan fingerprint density at radius 1 is 1.23 bits per heavy atom. The number of benzene rings is 1. The molecule has 0 radical (unpaired) electrons. The van der Waals surface area contributed by atoms with Crippen LogP contribution in [0.1, 0.15) is 18.6 Å². The van der Waals surface area contributed by atoms with E-state index in [1.807, 2.05) is 0 Å². The molecule has 0 bridgehead atoms. The van der Waals surface area contributed by atoms with Gasteiger partial charge in [0.1, 0.15) is 21.9 Å². The van der Waals surface area contributed by atoms with Crippen LogP contribution in [0.25, 0.3) is 17.4 Å². The molecule has 1 atom stereocenters. The Morgan fingerprint density at radius 2 is 1.97 bits per heavy atom. The number of carboxylic acids is 2. The summed E-state index contributed by atoms with van der Waals surface area (Å²) in [6, 6.07) is 7.02. The van der Waals surface area contributed by atoms with Gasteiger partial charge < -0.3 is 14.6 Å². The highest BCUT2D eigenvalue weighted by atomic mass is 35.5. The number of furan rings is 1. The van der Waals surface area contributed by atoms with Gasteiger partial charge in [-0.15, -0.1) is 0 Å². The molecule has 2 N–H and O–H groups in total. The minimum atomic E-state index is -1.36. The Kier molecular flexibility index (Phi) is 6.87. The van der Waals surface area contributed by atoms with Crippen molar-refractivity contribution in [2.24, 2.45) is 0 Å². The molecule has 2 heterocycles. The average molecular weight is 486 g/mol. The Morgan fingerprint density at radius 3 is 2.63 bits per heavy atom. The second-order valence-electron chi connectivity index (χ2n) is 6.14. The third-order valence-corrected chi connectivity index (χ3v) is 6.32. The van der Waals surface area contributed by atoms with Crippen LogP contribution in [0.15, 0.2) is 39.7 Å². The molecular weight excluding hydrogens is 473 g/mol. The van der Waals surface area contributed by atoms with Crippen LogP contribution in [0.4, 0.5) is 0 Å². The highest BCUT2D eigenvalue weighted by Crippen LogP contribution is 2.37. The molecule has 2 aromatic rings. The Labute approximate surface area is 190 Å². The topological polar surface area (TPSA) is 108 Å². The molecule has 7 nitrogen and oxygen atoms in total. The fourth-order valence-electron chi connectivity index (χ4n) is 2.77. The summed E-state index contributed by atoms with van der Waals surface area (Å²) >= 11 is 18.3. The quantitative estimate of drug-likeness (QED) is 0.426. The number of thiocarbonyl (C=S) groups is 1. The lowest BCUT2D eigenvalue weighted by atomic mass is 10.1. The van der Waals surface area contributed by atoms with E-state index in [-0.39, 0.29) is 15.6 Å². The van der Waals surface area contributed by atoms with Gasteiger partial charge in [0.25, 0.3) is 5.91 Å². The maximum atomic E-state index is 12.7. The number of hydrogen-bond donors (Lipinski definition) is 2. The fraction of sp³-hybridized carbons (Fsp3) is 0.158. The highest BCUT2D eigenvalue weighted by molar-refractivity contribution is 8.26. The maximum Gasteiger partial charge on any atom is 0.326 e. The van der Waals surface area contributed by atoms with Crippen molar-refractivity contribution in [1.82, 2.24) is 4.90 Å². The van der Waals surface area contributed by atoms with Crippen LogP contribution in [0.5, 0.6) is 0 Å². The van der Waals surface area contributed by atoms with E-state index in [1.165, 1.54) is 6.08 Å². The van der Waals surface area contributed by atoms with Gasteiger partial charge in [0.05, 0.1) is 15.0 Å². The molecule has 0 unspecified atom stereocenters. The number of carboxylic acid groups (broad SMARTS) is 2. The van der Waals surface area contributed by atoms with Crippen LogP contribution in [0, 0.1) is 0 Å². The van der Waals surface area contributed by atoms with Gasteiger partial charge in [-0.3, -0.25) is 14.5 Å². The first-order valence-corrected chi connectivity index (χ1v) is 10.4. The average Bonchev–Trinajstić information content (AvgIpc) is 3.23. The van der Waals surface area contributed by atoms with Gasteiger partial charge in [0.2, 0.25) is 0 Å². The molecule has 1 amide bonds. The van der Waals surface area contributed by atoms with E-state index in [9.17, 15) is 19.5 Å². The van der Waals surface area contributed by atoms with Gasteiger partial charge in [-0.2, -0.15) is 0 Å². The van der Waals surface area contributed by atoms with Gasteiger partial charge in [0.15, 0.2) is 0 Å². The molecule has 1 aliphatic heterocycles. The molecular formula is C19H13Cl2NO6S2. The zero-order chi connectivity index (χ0) is 22.0. The lowest BCUT2D eigenvalue weighted by Gasteiger charge is -2.22. The Balaban J connectivity index is 1.85. The molecule has 0 aliphatic carbocycles. The molecule has 1 saturated heterocycles. The van der Waals surface area contributed by atoms with E-state index < -0.39 is 30.3 Å². The molecule has 1 aliphatic rings. The smallest absolute Gasteiger partial charge is 0.326 e. The number of amides is 1. The second-order valence-corrected chi connectivity index (χ2v) is 8.60. The number of thioether (sulfide) groups is 1. The largest absolute Gasteiger partial charge is 0.481 e. The SMILES string of the molecule is O=C(O)CC[C@H](C(=O)O)N1C(=O)/C(=C\c2ccc(-c3cccc(Cl)c3Cl)o2)SC1=S. The van der Waals surface area contributed by atoms with Crippen molar-refractivity contribution in [2.75, 3.05) is 0 Å². The van der Waals surface area contributed by atoms with E-state index >= 15 is 0 Å². The molecule has 156 valence electrons. The van der Waals surface area contributed by atoms with Crippen molar-refractivity contribution in [2.45, 2.75) is 18.9 Å². The van der Waals surface area contributed by atoms with Gasteiger partial charge in [-0.1, -0.05) is 53.2 Å². The summed E-state index contributed by atoms with van der Waals surface area (Å²) < 4.78 is 5.77. The zero-order valence-electron chi connectivity index (χ0n) is 15.0. The number of rotatable bonds is 7. The predicted octanol–water partition coefficient (Wildman–Crippen LogP) is 4.77. The van der Waals surface area contributed by atoms with E-state index in [0.717, 1.165) is 16.7 Å². The fourth-order valence-corrected chi connectivity index (χ4v) is 4.50. The van der Waals surface area contributed by atoms with Crippen LogP contribution >= 0.6 is 47.2 Å². The maximum absolute atomic E-state index is 12.7. The third-order valence-electron chi connectivity index (χ3n) is 4.17. The number of hydrogen-bond acceptors (Lipinski definition) is 6. The Hall–Kier alpha value is -2.33. The zero-order valence-corrected chi connectivity index (χ0v) is 18.1. The molecule has 3 rings (SSSR count). The van der Waals surface area contributed by atoms with Crippen LogP contribution in [-0.4, -0.2) is 43.3 Å². The van der Waals surface area contributed by atoms with Crippen LogP contribution in [0.2, 0.25) is 10.0 Å². The summed E-state index contributed by atoms with van der Waals surface area (Å²) in [7, 11) is 0. The van der Waals surface area contributed by atoms with Crippen molar-refractivity contribution in [1.29, 1.82) is 0 Å². The first-order chi connectivity index (χ1) is 14.2. The van der Waals surface area contributed by atoms with Gasteiger partial charge in [-0.25, -0.2) is 4.79 Å². The molecule has 0 spiro atoms. The van der Waals surface area contributed by atoms with Crippen molar-refractivity contribution >= 4 is 75.4 Å². The number of nitrogens with zero attached hydrogens (tertiary/aromatic N) is 1. The predicted molar refractivity (Wildman–Crippen MR) is 117 cm³/mol. The summed E-state index contributed by atoms with van der Waals surface area (Å²) in [6.07, 6.45) is 0.773. The molecule has 11 heteroatoms. The van der Waals surface area contributed by atoms with E-state index in [4.69, 9.17) is 44.9 Å². The number of aliphatic carboxylic acids is 2. The molecule has 30 heavy (non-hydrogen) atoms. The normalized spacial score (nSPS) is 16.3. The summed E-state index contributed by atoms with van der Waals surface area (Å²) in [4.78, 5) is 36.2. The van der Waals surface area contributed by atoms with Crippen LogP contribution in [0.3, 0.4) is 0 Å². The molecule has 1 aromatic carbocycles. The first-order valence-electron chi connectivity index (χ1n) is 8.45. The van der Waals surface area contributed by atoms with Crippen LogP contribution in [-0.2, 0) is 14.4 Å². The Bertz CT molecular complexity index is 1080.